The molecule has 2 aromatic carbocycles. The SMILES string of the molecule is COc1ccc([N+](=O)[O-])cc1COC(=O)CSc1nncn1-c1ccc(C)c(Cl)c1. The quantitative estimate of drug-likeness (QED) is 0.220. The fourth-order valence-corrected chi connectivity index (χ4v) is 3.45. The average Bonchev–Trinajstić information content (AvgIpc) is 3.21. The van der Waals surface area contributed by atoms with Crippen molar-refractivity contribution < 1.29 is 19.2 Å². The number of nitro groups is 1. The van der Waals surface area contributed by atoms with Crippen molar-refractivity contribution in [2.75, 3.05) is 12.9 Å². The zero-order valence-corrected chi connectivity index (χ0v) is 17.6. The van der Waals surface area contributed by atoms with Crippen LogP contribution in [-0.2, 0) is 16.1 Å². The maximum absolute atomic E-state index is 12.2. The van der Waals surface area contributed by atoms with Crippen LogP contribution in [0.1, 0.15) is 11.1 Å². The second-order valence-corrected chi connectivity index (χ2v) is 7.47. The van der Waals surface area contributed by atoms with Gasteiger partial charge in [-0.3, -0.25) is 19.5 Å². The van der Waals surface area contributed by atoms with Gasteiger partial charge < -0.3 is 9.47 Å². The lowest BCUT2D eigenvalue weighted by Crippen LogP contribution is -2.09. The van der Waals surface area contributed by atoms with Crippen LogP contribution in [0, 0.1) is 17.0 Å². The predicted molar refractivity (Wildman–Crippen MR) is 111 cm³/mol. The third-order valence-corrected chi connectivity index (χ3v) is 5.46. The lowest BCUT2D eigenvalue weighted by atomic mass is 10.2. The molecule has 156 valence electrons. The highest BCUT2D eigenvalue weighted by Crippen LogP contribution is 2.26. The molecule has 1 aromatic heterocycles. The van der Waals surface area contributed by atoms with Gasteiger partial charge in [-0.05, 0) is 30.7 Å². The Hall–Kier alpha value is -3.11. The number of thioether (sulfide) groups is 1. The Labute approximate surface area is 181 Å². The van der Waals surface area contributed by atoms with Crippen molar-refractivity contribution in [2.24, 2.45) is 0 Å². The first-order valence-electron chi connectivity index (χ1n) is 8.65. The highest BCUT2D eigenvalue weighted by molar-refractivity contribution is 7.99. The summed E-state index contributed by atoms with van der Waals surface area (Å²) in [6.07, 6.45) is 1.53. The summed E-state index contributed by atoms with van der Waals surface area (Å²) in [7, 11) is 1.44. The fourth-order valence-electron chi connectivity index (χ4n) is 2.55. The van der Waals surface area contributed by atoms with Crippen molar-refractivity contribution >= 4 is 35.0 Å². The number of rotatable bonds is 8. The first-order chi connectivity index (χ1) is 14.4. The van der Waals surface area contributed by atoms with Crippen LogP contribution in [0.15, 0.2) is 47.9 Å². The van der Waals surface area contributed by atoms with E-state index in [-0.39, 0.29) is 18.0 Å². The van der Waals surface area contributed by atoms with E-state index in [4.69, 9.17) is 21.1 Å². The van der Waals surface area contributed by atoms with Gasteiger partial charge >= 0.3 is 5.97 Å². The molecule has 0 atom stereocenters. The van der Waals surface area contributed by atoms with Crippen LogP contribution < -0.4 is 4.74 Å². The van der Waals surface area contributed by atoms with Crippen molar-refractivity contribution in [2.45, 2.75) is 18.7 Å². The molecule has 3 aromatic rings. The second kappa shape index (κ2) is 9.59. The molecule has 9 nitrogen and oxygen atoms in total. The minimum Gasteiger partial charge on any atom is -0.496 e. The summed E-state index contributed by atoms with van der Waals surface area (Å²) in [6.45, 7) is 1.75. The number of benzene rings is 2. The Balaban J connectivity index is 1.62. The van der Waals surface area contributed by atoms with Gasteiger partial charge in [-0.25, -0.2) is 0 Å². The van der Waals surface area contributed by atoms with Gasteiger partial charge in [0.05, 0.1) is 23.5 Å². The standard InChI is InChI=1S/C19H17ClN4O5S/c1-12-3-4-14(8-16(12)20)23-11-21-22-19(23)30-10-18(25)29-9-13-7-15(24(26)27)5-6-17(13)28-2/h3-8,11H,9-10H2,1-2H3. The molecule has 0 aliphatic carbocycles. The number of non-ortho nitro benzene ring substituents is 1. The lowest BCUT2D eigenvalue weighted by molar-refractivity contribution is -0.385. The van der Waals surface area contributed by atoms with Gasteiger partial charge in [0, 0.05) is 22.7 Å². The van der Waals surface area contributed by atoms with E-state index in [2.05, 4.69) is 10.2 Å². The summed E-state index contributed by atoms with van der Waals surface area (Å²) in [5.41, 5.74) is 2.01. The number of nitro benzene ring substituents is 1. The van der Waals surface area contributed by atoms with Crippen LogP contribution in [0.3, 0.4) is 0 Å². The Bertz CT molecular complexity index is 1090. The molecule has 0 aliphatic heterocycles. The number of halogens is 1. The molecular formula is C19H17ClN4O5S. The number of esters is 1. The highest BCUT2D eigenvalue weighted by atomic mass is 35.5. The van der Waals surface area contributed by atoms with Crippen LogP contribution >= 0.6 is 23.4 Å². The molecule has 0 saturated carbocycles. The average molecular weight is 449 g/mol. The van der Waals surface area contributed by atoms with Crippen LogP contribution in [0.5, 0.6) is 5.75 Å². The maximum atomic E-state index is 12.2. The number of carbonyl (C=O) groups is 1. The maximum Gasteiger partial charge on any atom is 0.316 e. The largest absolute Gasteiger partial charge is 0.496 e. The molecule has 3 rings (SSSR count). The molecule has 30 heavy (non-hydrogen) atoms. The number of aryl methyl sites for hydroxylation is 1. The van der Waals surface area contributed by atoms with E-state index >= 15 is 0 Å². The molecule has 1 heterocycles. The van der Waals surface area contributed by atoms with Crippen molar-refractivity contribution in [3.05, 3.63) is 69.0 Å². The van der Waals surface area contributed by atoms with E-state index in [9.17, 15) is 14.9 Å². The summed E-state index contributed by atoms with van der Waals surface area (Å²) in [6, 6.07) is 9.65. The fraction of sp³-hybridized carbons (Fsp3) is 0.211. The third-order valence-electron chi connectivity index (χ3n) is 4.13. The summed E-state index contributed by atoms with van der Waals surface area (Å²) >= 11 is 7.33. The number of aromatic nitrogens is 3. The Morgan fingerprint density at radius 3 is 2.80 bits per heavy atom. The number of ether oxygens (including phenoxy) is 2. The summed E-state index contributed by atoms with van der Waals surface area (Å²) in [5, 5.41) is 20.0. The molecule has 0 unspecified atom stereocenters. The number of hydrogen-bond acceptors (Lipinski definition) is 8. The van der Waals surface area contributed by atoms with Gasteiger partial charge in [0.25, 0.3) is 5.69 Å². The lowest BCUT2D eigenvalue weighted by Gasteiger charge is -2.10. The third kappa shape index (κ3) is 5.08. The van der Waals surface area contributed by atoms with Crippen LogP contribution in [0.25, 0.3) is 5.69 Å². The van der Waals surface area contributed by atoms with Gasteiger partial charge in [0.1, 0.15) is 18.7 Å². The molecule has 0 saturated heterocycles. The topological polar surface area (TPSA) is 109 Å². The van der Waals surface area contributed by atoms with E-state index in [0.29, 0.717) is 21.5 Å². The smallest absolute Gasteiger partial charge is 0.316 e. The normalized spacial score (nSPS) is 10.6. The van der Waals surface area contributed by atoms with Crippen LogP contribution in [0.4, 0.5) is 5.69 Å². The van der Waals surface area contributed by atoms with E-state index in [1.807, 2.05) is 19.1 Å². The van der Waals surface area contributed by atoms with Gasteiger partial charge in [-0.15, -0.1) is 10.2 Å². The van der Waals surface area contributed by atoms with Gasteiger partial charge in [-0.2, -0.15) is 0 Å². The minimum atomic E-state index is -0.523. The van der Waals surface area contributed by atoms with E-state index in [0.717, 1.165) is 23.0 Å². The Kier molecular flexibility index (Phi) is 6.91. The van der Waals surface area contributed by atoms with Gasteiger partial charge in [-0.1, -0.05) is 29.4 Å². The number of methoxy groups -OCH3 is 1. The summed E-state index contributed by atoms with van der Waals surface area (Å²) in [4.78, 5) is 22.6. The van der Waals surface area contributed by atoms with Crippen molar-refractivity contribution in [3.8, 4) is 11.4 Å². The highest BCUT2D eigenvalue weighted by Gasteiger charge is 2.15. The van der Waals surface area contributed by atoms with Gasteiger partial charge in [0.15, 0.2) is 5.16 Å². The number of hydrogen-bond donors (Lipinski definition) is 0. The molecule has 0 amide bonds. The molecule has 0 spiro atoms. The zero-order valence-electron chi connectivity index (χ0n) is 16.1. The van der Waals surface area contributed by atoms with Gasteiger partial charge in [0.2, 0.25) is 0 Å². The zero-order chi connectivity index (χ0) is 21.7. The van der Waals surface area contributed by atoms with E-state index in [1.54, 1.807) is 10.6 Å². The van der Waals surface area contributed by atoms with Crippen LogP contribution in [0.2, 0.25) is 5.02 Å². The molecule has 0 N–H and O–H groups in total. The molecule has 0 aliphatic rings. The van der Waals surface area contributed by atoms with Crippen molar-refractivity contribution in [1.82, 2.24) is 14.8 Å². The molecule has 0 bridgehead atoms. The molecule has 0 radical (unpaired) electrons. The van der Waals surface area contributed by atoms with E-state index < -0.39 is 10.9 Å². The first-order valence-corrected chi connectivity index (χ1v) is 10.0. The Morgan fingerprint density at radius 1 is 1.30 bits per heavy atom. The summed E-state index contributed by atoms with van der Waals surface area (Å²) in [5.74, 6) is -0.127. The van der Waals surface area contributed by atoms with Crippen LogP contribution in [-0.4, -0.2) is 38.5 Å². The monoisotopic (exact) mass is 448 g/mol. The van der Waals surface area contributed by atoms with E-state index in [1.165, 1.54) is 31.6 Å². The number of nitrogens with zero attached hydrogens (tertiary/aromatic N) is 4. The molecule has 0 fully saturated rings. The Morgan fingerprint density at radius 2 is 2.10 bits per heavy atom. The summed E-state index contributed by atoms with van der Waals surface area (Å²) < 4.78 is 12.1. The van der Waals surface area contributed by atoms with Crippen molar-refractivity contribution in [3.63, 3.8) is 0 Å². The van der Waals surface area contributed by atoms with Crippen molar-refractivity contribution in [1.29, 1.82) is 0 Å². The molecular weight excluding hydrogens is 432 g/mol. The first kappa shape index (κ1) is 21.6. The second-order valence-electron chi connectivity index (χ2n) is 6.12. The number of carbonyl (C=O) groups excluding carboxylic acids is 1. The molecule has 11 heteroatoms. The predicted octanol–water partition coefficient (Wildman–Crippen LogP) is 3.98. The minimum absolute atomic E-state index is 0.0183.